The first kappa shape index (κ1) is 17.1. The molecule has 1 atom stereocenters. The maximum atomic E-state index is 11.7. The maximum Gasteiger partial charge on any atom is 0.283 e. The molecule has 1 fully saturated rings. The van der Waals surface area contributed by atoms with Gasteiger partial charge in [0, 0.05) is 11.3 Å². The molecule has 6 nitrogen and oxygen atoms in total. The molecule has 134 valence electrons. The molecule has 1 unspecified atom stereocenters. The Balaban J connectivity index is 1.68. The van der Waals surface area contributed by atoms with Crippen LogP contribution in [0.3, 0.4) is 0 Å². The fraction of sp³-hybridized carbons (Fsp3) is 0.333. The van der Waals surface area contributed by atoms with Gasteiger partial charge in [-0.2, -0.15) is 0 Å². The first-order valence-corrected chi connectivity index (χ1v) is 10.7. The lowest BCUT2D eigenvalue weighted by Crippen LogP contribution is -2.62. The summed E-state index contributed by atoms with van der Waals surface area (Å²) in [7, 11) is -3.05. The molecular formula is C18H17N3O3S2. The first-order valence-electron chi connectivity index (χ1n) is 8.04. The van der Waals surface area contributed by atoms with Crippen LogP contribution in [0.4, 0.5) is 5.69 Å². The number of nitrogens with zero attached hydrogens (tertiary/aromatic N) is 2. The molecule has 8 heteroatoms. The highest BCUT2D eigenvalue weighted by atomic mass is 32.2. The minimum Gasteiger partial charge on any atom is -0.457 e. The van der Waals surface area contributed by atoms with Crippen LogP contribution in [0.15, 0.2) is 40.7 Å². The van der Waals surface area contributed by atoms with E-state index < -0.39 is 21.0 Å². The van der Waals surface area contributed by atoms with Crippen molar-refractivity contribution in [1.29, 1.82) is 0 Å². The van der Waals surface area contributed by atoms with Crippen LogP contribution < -0.4 is 5.73 Å². The van der Waals surface area contributed by atoms with Crippen LogP contribution in [-0.2, 0) is 20.1 Å². The third kappa shape index (κ3) is 2.87. The molecule has 0 bridgehead atoms. The van der Waals surface area contributed by atoms with Crippen LogP contribution in [0.1, 0.15) is 18.2 Å². The largest absolute Gasteiger partial charge is 0.457 e. The Bertz CT molecular complexity index is 1050. The van der Waals surface area contributed by atoms with Crippen molar-refractivity contribution in [3.05, 3.63) is 52.0 Å². The molecule has 2 N–H and O–H groups in total. The number of hydrogen-bond donors (Lipinski definition) is 1. The number of sulfone groups is 1. The van der Waals surface area contributed by atoms with Crippen LogP contribution in [0.5, 0.6) is 0 Å². The zero-order valence-corrected chi connectivity index (χ0v) is 15.7. The van der Waals surface area contributed by atoms with E-state index in [2.05, 4.69) is 9.84 Å². The van der Waals surface area contributed by atoms with Gasteiger partial charge in [-0.1, -0.05) is 18.2 Å². The third-order valence-corrected chi connectivity index (χ3v) is 7.86. The van der Waals surface area contributed by atoms with Crippen LogP contribution in [-0.4, -0.2) is 31.5 Å². The van der Waals surface area contributed by atoms with Crippen molar-refractivity contribution in [1.82, 2.24) is 0 Å². The zero-order valence-electron chi connectivity index (χ0n) is 14.1. The molecule has 0 radical (unpaired) electrons. The molecule has 2 aliphatic heterocycles. The standard InChI is InChI=1S/C18H17N3O3S2/c1-17(9-18(24-16(19)21-17)10-26(22,23)11-18)15-7-13(8-25-15)12-4-3-5-14(6-12)20-2/h3-8H,9-11H2,1H3,(H2,19,21). The molecule has 0 amide bonds. The van der Waals surface area contributed by atoms with E-state index in [0.29, 0.717) is 12.1 Å². The molecule has 1 aromatic heterocycles. The summed E-state index contributed by atoms with van der Waals surface area (Å²) in [5.41, 5.74) is 7.05. The van der Waals surface area contributed by atoms with Gasteiger partial charge < -0.3 is 10.5 Å². The van der Waals surface area contributed by atoms with E-state index in [1.807, 2.05) is 36.6 Å². The van der Waals surface area contributed by atoms with Crippen LogP contribution in [0.2, 0.25) is 0 Å². The summed E-state index contributed by atoms with van der Waals surface area (Å²) < 4.78 is 29.0. The topological polar surface area (TPSA) is 86.1 Å². The minimum atomic E-state index is -3.05. The lowest BCUT2D eigenvalue weighted by Gasteiger charge is -2.47. The molecule has 26 heavy (non-hydrogen) atoms. The van der Waals surface area contributed by atoms with Crippen LogP contribution in [0, 0.1) is 6.57 Å². The van der Waals surface area contributed by atoms with Gasteiger partial charge in [0.2, 0.25) is 0 Å². The Labute approximate surface area is 156 Å². The van der Waals surface area contributed by atoms with Gasteiger partial charge in [-0.3, -0.25) is 0 Å². The van der Waals surface area contributed by atoms with Gasteiger partial charge in [0.1, 0.15) is 11.1 Å². The van der Waals surface area contributed by atoms with E-state index in [4.69, 9.17) is 17.0 Å². The predicted molar refractivity (Wildman–Crippen MR) is 102 cm³/mol. The van der Waals surface area contributed by atoms with Crippen molar-refractivity contribution in [2.75, 3.05) is 11.5 Å². The summed E-state index contributed by atoms with van der Waals surface area (Å²) in [4.78, 5) is 8.96. The van der Waals surface area contributed by atoms with Gasteiger partial charge >= 0.3 is 0 Å². The van der Waals surface area contributed by atoms with Crippen LogP contribution >= 0.6 is 11.3 Å². The molecule has 1 spiro atoms. The average Bonchev–Trinajstić information content (AvgIpc) is 3.03. The van der Waals surface area contributed by atoms with Crippen LogP contribution in [0.25, 0.3) is 16.0 Å². The molecule has 4 rings (SSSR count). The second-order valence-electron chi connectivity index (χ2n) is 7.08. The molecule has 2 aliphatic rings. The SMILES string of the molecule is [C-]#[N+]c1cccc(-c2csc(C3(C)CC4(CS(=O)(=O)C4)OC(N)=N3)c2)c1. The van der Waals surface area contributed by atoms with E-state index in [-0.39, 0.29) is 17.5 Å². The summed E-state index contributed by atoms with van der Waals surface area (Å²) in [6.45, 7) is 9.12. The predicted octanol–water partition coefficient (Wildman–Crippen LogP) is 3.08. The van der Waals surface area contributed by atoms with E-state index in [9.17, 15) is 8.42 Å². The zero-order chi connectivity index (χ0) is 18.6. The van der Waals surface area contributed by atoms with Crippen molar-refractivity contribution >= 4 is 32.9 Å². The Kier molecular flexibility index (Phi) is 3.65. The van der Waals surface area contributed by atoms with E-state index in [1.54, 1.807) is 17.4 Å². The van der Waals surface area contributed by atoms with Crippen molar-refractivity contribution in [2.24, 2.45) is 10.7 Å². The Morgan fingerprint density at radius 1 is 1.31 bits per heavy atom. The lowest BCUT2D eigenvalue weighted by atomic mass is 9.85. The van der Waals surface area contributed by atoms with Gasteiger partial charge in [-0.05, 0) is 35.6 Å². The minimum absolute atomic E-state index is 0.0168. The fourth-order valence-electron chi connectivity index (χ4n) is 3.78. The van der Waals surface area contributed by atoms with Crippen molar-refractivity contribution in [3.63, 3.8) is 0 Å². The average molecular weight is 387 g/mol. The number of thiophene rings is 1. The summed E-state index contributed by atoms with van der Waals surface area (Å²) in [5, 5.41) is 2.02. The summed E-state index contributed by atoms with van der Waals surface area (Å²) in [6, 6.07) is 9.53. The lowest BCUT2D eigenvalue weighted by molar-refractivity contribution is 0.0326. The highest BCUT2D eigenvalue weighted by Crippen LogP contribution is 2.46. The summed E-state index contributed by atoms with van der Waals surface area (Å²) in [5.74, 6) is -0.0335. The van der Waals surface area contributed by atoms with Gasteiger partial charge in [-0.15, -0.1) is 11.3 Å². The van der Waals surface area contributed by atoms with E-state index in [0.717, 1.165) is 16.0 Å². The fourth-order valence-corrected chi connectivity index (χ4v) is 6.64. The van der Waals surface area contributed by atoms with Crippen molar-refractivity contribution in [2.45, 2.75) is 24.5 Å². The smallest absolute Gasteiger partial charge is 0.283 e. The number of benzene rings is 1. The second-order valence-corrected chi connectivity index (χ2v) is 10.1. The molecule has 1 saturated heterocycles. The molecule has 3 heterocycles. The normalized spacial score (nSPS) is 25.6. The number of rotatable bonds is 2. The number of hydrogen-bond acceptors (Lipinski definition) is 6. The highest BCUT2D eigenvalue weighted by Gasteiger charge is 2.57. The van der Waals surface area contributed by atoms with Gasteiger partial charge in [-0.25, -0.2) is 18.3 Å². The quantitative estimate of drug-likeness (QED) is 0.803. The van der Waals surface area contributed by atoms with E-state index in [1.165, 1.54) is 0 Å². The Morgan fingerprint density at radius 3 is 2.77 bits per heavy atom. The van der Waals surface area contributed by atoms with Gasteiger partial charge in [0.15, 0.2) is 15.5 Å². The maximum absolute atomic E-state index is 11.7. The summed E-state index contributed by atoms with van der Waals surface area (Å²) in [6.07, 6.45) is 0.474. The van der Waals surface area contributed by atoms with Crippen molar-refractivity contribution < 1.29 is 13.2 Å². The second kappa shape index (κ2) is 5.56. The third-order valence-electron chi connectivity index (χ3n) is 4.75. The summed E-state index contributed by atoms with van der Waals surface area (Å²) >= 11 is 1.56. The number of aliphatic imine (C=N–C) groups is 1. The molecule has 1 aromatic carbocycles. The Hall–Kier alpha value is -2.37. The monoisotopic (exact) mass is 387 g/mol. The van der Waals surface area contributed by atoms with Gasteiger partial charge in [0.05, 0.1) is 18.1 Å². The van der Waals surface area contributed by atoms with Crippen molar-refractivity contribution in [3.8, 4) is 11.1 Å². The molecular weight excluding hydrogens is 370 g/mol. The molecule has 0 saturated carbocycles. The van der Waals surface area contributed by atoms with Gasteiger partial charge in [0.25, 0.3) is 6.02 Å². The van der Waals surface area contributed by atoms with E-state index >= 15 is 0 Å². The molecule has 0 aliphatic carbocycles. The number of amidine groups is 1. The number of ether oxygens (including phenoxy) is 1. The number of nitrogens with two attached hydrogens (primary N) is 1. The first-order chi connectivity index (χ1) is 12.2. The highest BCUT2D eigenvalue weighted by molar-refractivity contribution is 7.93. The molecule has 2 aromatic rings. The Morgan fingerprint density at radius 2 is 2.08 bits per heavy atom.